The van der Waals surface area contributed by atoms with Crippen LogP contribution >= 0.6 is 0 Å². The Bertz CT molecular complexity index is 472. The maximum absolute atomic E-state index is 13.8. The highest BCUT2D eigenvalue weighted by Gasteiger charge is 2.41. The highest BCUT2D eigenvalue weighted by atomic mass is 19.1. The van der Waals surface area contributed by atoms with Gasteiger partial charge in [-0.05, 0) is 43.2 Å². The monoisotopic (exact) mass is 292 g/mol. The molecule has 1 saturated carbocycles. The van der Waals surface area contributed by atoms with Crippen LogP contribution in [0.2, 0.25) is 0 Å². The molecule has 0 aromatic heterocycles. The molecule has 0 amide bonds. The van der Waals surface area contributed by atoms with Gasteiger partial charge in [-0.2, -0.15) is 0 Å². The highest BCUT2D eigenvalue weighted by Crippen LogP contribution is 2.44. The maximum Gasteiger partial charge on any atom is 0.127 e. The molecular weight excluding hydrogens is 263 g/mol. The van der Waals surface area contributed by atoms with Gasteiger partial charge in [0.2, 0.25) is 0 Å². The molecule has 2 N–H and O–H groups in total. The third-order valence-corrected chi connectivity index (χ3v) is 5.65. The van der Waals surface area contributed by atoms with E-state index in [0.717, 1.165) is 18.5 Å². The van der Waals surface area contributed by atoms with E-state index in [1.54, 1.807) is 6.07 Å². The first-order valence-corrected chi connectivity index (χ1v) is 8.00. The molecule has 0 bridgehead atoms. The largest absolute Gasteiger partial charge is 0.327 e. The van der Waals surface area contributed by atoms with Crippen LogP contribution in [0.15, 0.2) is 24.3 Å². The normalized spacial score (nSPS) is 28.8. The Morgan fingerprint density at radius 3 is 2.62 bits per heavy atom. The van der Waals surface area contributed by atoms with Gasteiger partial charge < -0.3 is 10.6 Å². The van der Waals surface area contributed by atoms with E-state index < -0.39 is 0 Å². The van der Waals surface area contributed by atoms with Gasteiger partial charge in [0, 0.05) is 24.7 Å². The van der Waals surface area contributed by atoms with Gasteiger partial charge in [-0.15, -0.1) is 0 Å². The molecule has 2 rings (SSSR count). The molecule has 0 aliphatic heterocycles. The number of rotatable bonds is 4. The number of benzene rings is 1. The molecule has 2 nitrogen and oxygen atoms in total. The van der Waals surface area contributed by atoms with Gasteiger partial charge in [0.15, 0.2) is 0 Å². The number of hydrogen-bond acceptors (Lipinski definition) is 2. The van der Waals surface area contributed by atoms with Gasteiger partial charge in [0.05, 0.1) is 0 Å². The molecule has 1 aromatic carbocycles. The predicted octanol–water partition coefficient (Wildman–Crippen LogP) is 3.66. The number of hydrogen-bond donors (Lipinski definition) is 1. The second kappa shape index (κ2) is 6.45. The first kappa shape index (κ1) is 16.4. The molecule has 1 fully saturated rings. The van der Waals surface area contributed by atoms with E-state index in [1.165, 1.54) is 12.5 Å². The Hall–Kier alpha value is -0.930. The molecule has 0 heterocycles. The average molecular weight is 292 g/mol. The van der Waals surface area contributed by atoms with Crippen LogP contribution in [-0.4, -0.2) is 24.5 Å². The van der Waals surface area contributed by atoms with E-state index >= 15 is 0 Å². The average Bonchev–Trinajstić information content (AvgIpc) is 2.43. The van der Waals surface area contributed by atoms with E-state index in [2.05, 4.69) is 32.7 Å². The summed E-state index contributed by atoms with van der Waals surface area (Å²) in [5, 5.41) is 0. The molecule has 21 heavy (non-hydrogen) atoms. The van der Waals surface area contributed by atoms with Crippen LogP contribution in [0, 0.1) is 23.1 Å². The van der Waals surface area contributed by atoms with Gasteiger partial charge >= 0.3 is 0 Å². The van der Waals surface area contributed by atoms with Crippen molar-refractivity contribution in [3.63, 3.8) is 0 Å². The summed E-state index contributed by atoms with van der Waals surface area (Å²) >= 11 is 0. The Balaban J connectivity index is 1.99. The molecule has 1 aliphatic rings. The van der Waals surface area contributed by atoms with Gasteiger partial charge in [0.25, 0.3) is 0 Å². The van der Waals surface area contributed by atoms with Gasteiger partial charge in [-0.25, -0.2) is 4.39 Å². The molecule has 118 valence electrons. The molecule has 0 radical (unpaired) electrons. The Morgan fingerprint density at radius 1 is 1.29 bits per heavy atom. The Kier molecular flexibility index (Phi) is 5.05. The lowest BCUT2D eigenvalue weighted by atomic mass is 9.61. The van der Waals surface area contributed by atoms with Crippen LogP contribution in [0.5, 0.6) is 0 Å². The van der Waals surface area contributed by atoms with Crippen molar-refractivity contribution in [3.05, 3.63) is 35.6 Å². The minimum atomic E-state index is -0.109. The molecule has 3 heteroatoms. The maximum atomic E-state index is 13.8. The third kappa shape index (κ3) is 3.64. The molecule has 1 aromatic rings. The zero-order valence-corrected chi connectivity index (χ0v) is 13.8. The summed E-state index contributed by atoms with van der Waals surface area (Å²) in [6.45, 7) is 8.60. The van der Waals surface area contributed by atoms with E-state index in [0.29, 0.717) is 24.4 Å². The fourth-order valence-electron chi connectivity index (χ4n) is 3.62. The second-order valence-corrected chi connectivity index (χ2v) is 7.34. The third-order valence-electron chi connectivity index (χ3n) is 5.65. The fraction of sp³-hybridized carbons (Fsp3) is 0.667. The smallest absolute Gasteiger partial charge is 0.127 e. The quantitative estimate of drug-likeness (QED) is 0.917. The summed E-state index contributed by atoms with van der Waals surface area (Å²) in [6, 6.07) is 7.36. The van der Waals surface area contributed by atoms with Crippen molar-refractivity contribution in [1.82, 2.24) is 4.90 Å². The first-order chi connectivity index (χ1) is 9.82. The summed E-state index contributed by atoms with van der Waals surface area (Å²) in [7, 11) is 2.09. The fourth-order valence-corrected chi connectivity index (χ4v) is 3.62. The van der Waals surface area contributed by atoms with Gasteiger partial charge in [-0.1, -0.05) is 39.0 Å². The second-order valence-electron chi connectivity index (χ2n) is 7.34. The zero-order valence-electron chi connectivity index (χ0n) is 13.8. The zero-order chi connectivity index (χ0) is 15.6. The lowest BCUT2D eigenvalue weighted by Crippen LogP contribution is -2.49. The minimum Gasteiger partial charge on any atom is -0.327 e. The van der Waals surface area contributed by atoms with E-state index in [9.17, 15) is 4.39 Å². The highest BCUT2D eigenvalue weighted by molar-refractivity contribution is 5.17. The van der Waals surface area contributed by atoms with Crippen molar-refractivity contribution >= 4 is 0 Å². The van der Waals surface area contributed by atoms with Gasteiger partial charge in [0.1, 0.15) is 5.82 Å². The standard InChI is InChI=1S/C18H29FN2/c1-13-17(20)10-9-15(18(13,2)3)12-21(4)11-14-7-5-6-8-16(14)19/h5-8,13,15,17H,9-12,20H2,1-4H3. The van der Waals surface area contributed by atoms with E-state index in [-0.39, 0.29) is 11.2 Å². The van der Waals surface area contributed by atoms with Crippen molar-refractivity contribution in [2.45, 2.75) is 46.2 Å². The van der Waals surface area contributed by atoms with Crippen molar-refractivity contribution in [2.75, 3.05) is 13.6 Å². The summed E-state index contributed by atoms with van der Waals surface area (Å²) in [5.74, 6) is 1.03. The van der Waals surface area contributed by atoms with Crippen LogP contribution in [0.25, 0.3) is 0 Å². The predicted molar refractivity (Wildman–Crippen MR) is 86.4 cm³/mol. The minimum absolute atomic E-state index is 0.109. The van der Waals surface area contributed by atoms with Crippen molar-refractivity contribution in [1.29, 1.82) is 0 Å². The summed E-state index contributed by atoms with van der Waals surface area (Å²) in [6.07, 6.45) is 2.27. The van der Waals surface area contributed by atoms with E-state index in [1.807, 2.05) is 12.1 Å². The van der Waals surface area contributed by atoms with Crippen LogP contribution in [0.4, 0.5) is 4.39 Å². The molecular formula is C18H29FN2. The van der Waals surface area contributed by atoms with Crippen LogP contribution in [0.3, 0.4) is 0 Å². The van der Waals surface area contributed by atoms with Crippen LogP contribution in [0.1, 0.15) is 39.2 Å². The molecule has 0 spiro atoms. The SMILES string of the molecule is CC1C(N)CCC(CN(C)Cc2ccccc2F)C1(C)C. The topological polar surface area (TPSA) is 29.3 Å². The molecule has 3 unspecified atom stereocenters. The molecule has 0 saturated heterocycles. The molecule has 3 atom stereocenters. The number of nitrogens with two attached hydrogens (primary N) is 1. The first-order valence-electron chi connectivity index (χ1n) is 8.00. The van der Waals surface area contributed by atoms with Gasteiger partial charge in [-0.3, -0.25) is 0 Å². The van der Waals surface area contributed by atoms with Crippen LogP contribution in [-0.2, 0) is 6.54 Å². The lowest BCUT2D eigenvalue weighted by Gasteiger charge is -2.48. The van der Waals surface area contributed by atoms with Crippen molar-refractivity contribution in [3.8, 4) is 0 Å². The summed E-state index contributed by atoms with van der Waals surface area (Å²) in [4.78, 5) is 2.24. The lowest BCUT2D eigenvalue weighted by molar-refractivity contribution is 0.0322. The Morgan fingerprint density at radius 2 is 1.95 bits per heavy atom. The number of nitrogens with zero attached hydrogens (tertiary/aromatic N) is 1. The Labute approximate surface area is 128 Å². The summed E-state index contributed by atoms with van der Waals surface area (Å²) < 4.78 is 13.8. The molecule has 1 aliphatic carbocycles. The summed E-state index contributed by atoms with van der Waals surface area (Å²) in [5.41, 5.74) is 7.24. The van der Waals surface area contributed by atoms with Crippen LogP contribution < -0.4 is 5.73 Å². The number of halogens is 1. The van der Waals surface area contributed by atoms with E-state index in [4.69, 9.17) is 5.73 Å². The van der Waals surface area contributed by atoms with Crippen molar-refractivity contribution < 1.29 is 4.39 Å². The van der Waals surface area contributed by atoms with Crippen molar-refractivity contribution in [2.24, 2.45) is 23.0 Å².